The lowest BCUT2D eigenvalue weighted by atomic mass is 10.1. The molecule has 4 aromatic rings. The van der Waals surface area contributed by atoms with Crippen LogP contribution in [0.5, 0.6) is 0 Å². The van der Waals surface area contributed by atoms with Crippen molar-refractivity contribution in [2.75, 3.05) is 5.73 Å². The Morgan fingerprint density at radius 3 is 2.36 bits per heavy atom. The van der Waals surface area contributed by atoms with Gasteiger partial charge in [0.2, 0.25) is 0 Å². The second kappa shape index (κ2) is 4.77. The molecule has 0 spiro atoms. The summed E-state index contributed by atoms with van der Waals surface area (Å²) in [6, 6.07) is 20.2. The predicted octanol–water partition coefficient (Wildman–Crippen LogP) is 2.93. The van der Waals surface area contributed by atoms with Crippen LogP contribution >= 0.6 is 0 Å². The van der Waals surface area contributed by atoms with Crippen molar-refractivity contribution < 1.29 is 4.52 Å². The number of hydrogen-bond acceptors (Lipinski definition) is 3. The summed E-state index contributed by atoms with van der Waals surface area (Å²) < 4.78 is 1.83. The van der Waals surface area contributed by atoms with Crippen molar-refractivity contribution in [2.45, 2.75) is 6.92 Å². The molecular weight excluding hydrogens is 272 g/mol. The Balaban J connectivity index is 2.19. The van der Waals surface area contributed by atoms with Gasteiger partial charge in [0.25, 0.3) is 0 Å². The number of hydrogen-bond donors (Lipinski definition) is 1. The number of benzene rings is 2. The second-order valence-electron chi connectivity index (χ2n) is 5.32. The molecule has 0 atom stereocenters. The van der Waals surface area contributed by atoms with Gasteiger partial charge in [-0.15, -0.1) is 0 Å². The first-order valence-corrected chi connectivity index (χ1v) is 7.17. The minimum Gasteiger partial charge on any atom is -0.380 e. The maximum absolute atomic E-state index is 6.15. The van der Waals surface area contributed by atoms with Gasteiger partial charge in [0.15, 0.2) is 17.2 Å². The van der Waals surface area contributed by atoms with Crippen LogP contribution in [0.25, 0.3) is 27.7 Å². The third-order valence-corrected chi connectivity index (χ3v) is 3.78. The molecule has 4 heteroatoms. The molecule has 0 aliphatic heterocycles. The first-order valence-electron chi connectivity index (χ1n) is 7.17. The average molecular weight is 287 g/mol. The van der Waals surface area contributed by atoms with Crippen LogP contribution in [0.4, 0.5) is 5.82 Å². The van der Waals surface area contributed by atoms with Gasteiger partial charge < -0.3 is 5.73 Å². The maximum atomic E-state index is 6.15. The van der Waals surface area contributed by atoms with E-state index in [2.05, 4.69) is 22.2 Å². The van der Waals surface area contributed by atoms with Crippen molar-refractivity contribution >= 4 is 22.2 Å². The molecule has 0 saturated heterocycles. The van der Waals surface area contributed by atoms with Crippen LogP contribution < -0.4 is 10.2 Å². The van der Waals surface area contributed by atoms with Crippen LogP contribution in [0.3, 0.4) is 0 Å². The molecular formula is C18H15N4+. The van der Waals surface area contributed by atoms with Crippen LogP contribution in [-0.4, -0.2) is 10.1 Å². The summed E-state index contributed by atoms with van der Waals surface area (Å²) in [5, 5.41) is 6.49. The maximum Gasteiger partial charge on any atom is 0.357 e. The molecule has 2 aromatic carbocycles. The molecule has 0 bridgehead atoms. The van der Waals surface area contributed by atoms with E-state index in [-0.39, 0.29) is 0 Å². The van der Waals surface area contributed by atoms with E-state index in [4.69, 9.17) is 5.73 Å². The largest absolute Gasteiger partial charge is 0.380 e. The molecule has 4 rings (SSSR count). The van der Waals surface area contributed by atoms with Gasteiger partial charge in [-0.05, 0) is 11.1 Å². The minimum atomic E-state index is 0.510. The average Bonchev–Trinajstić information content (AvgIpc) is 2.56. The lowest BCUT2D eigenvalue weighted by Crippen LogP contribution is -2.32. The number of aromatic nitrogens is 3. The van der Waals surface area contributed by atoms with Gasteiger partial charge in [0.1, 0.15) is 0 Å². The van der Waals surface area contributed by atoms with Crippen molar-refractivity contribution in [3.63, 3.8) is 0 Å². The predicted molar refractivity (Wildman–Crippen MR) is 87.3 cm³/mol. The summed E-state index contributed by atoms with van der Waals surface area (Å²) in [5.41, 5.74) is 10.00. The normalized spacial score (nSPS) is 11.1. The van der Waals surface area contributed by atoms with Crippen molar-refractivity contribution in [3.05, 3.63) is 66.4 Å². The zero-order chi connectivity index (χ0) is 15.1. The molecule has 0 aliphatic rings. The standard InChI is InChI=1S/C18H15N4/c1-12-11-16(13-7-3-2-4-8-13)22-18(20-12)15-10-6-5-9-14(15)17(19)21-22/h2-11H,1H3,(H2,19,21)/q+1. The molecule has 0 aliphatic carbocycles. The number of fused-ring (bicyclic) bond motifs is 3. The van der Waals surface area contributed by atoms with Gasteiger partial charge in [0, 0.05) is 23.9 Å². The summed E-state index contributed by atoms with van der Waals surface area (Å²) in [4.78, 5) is 4.68. The molecule has 4 nitrogen and oxygen atoms in total. The van der Waals surface area contributed by atoms with Crippen LogP contribution in [0, 0.1) is 6.92 Å². The number of nitrogen functional groups attached to an aromatic ring is 1. The van der Waals surface area contributed by atoms with Crippen molar-refractivity contribution in [1.29, 1.82) is 0 Å². The van der Waals surface area contributed by atoms with E-state index in [0.717, 1.165) is 33.4 Å². The molecule has 2 aromatic heterocycles. The van der Waals surface area contributed by atoms with E-state index in [9.17, 15) is 0 Å². The number of anilines is 1. The lowest BCUT2D eigenvalue weighted by Gasteiger charge is -2.05. The highest BCUT2D eigenvalue weighted by Crippen LogP contribution is 2.23. The Hall–Kier alpha value is -3.01. The summed E-state index contributed by atoms with van der Waals surface area (Å²) in [6.07, 6.45) is 0. The third kappa shape index (κ3) is 1.89. The highest BCUT2D eigenvalue weighted by atomic mass is 15.3. The molecule has 22 heavy (non-hydrogen) atoms. The number of aryl methyl sites for hydroxylation is 1. The van der Waals surface area contributed by atoms with E-state index in [1.165, 1.54) is 0 Å². The molecule has 0 amide bonds. The summed E-state index contributed by atoms with van der Waals surface area (Å²) in [5.74, 6) is 0.510. The highest BCUT2D eigenvalue weighted by Gasteiger charge is 2.19. The van der Waals surface area contributed by atoms with E-state index >= 15 is 0 Å². The quantitative estimate of drug-likeness (QED) is 0.432. The molecule has 106 valence electrons. The Bertz CT molecular complexity index is 994. The molecule has 2 N–H and O–H groups in total. The topological polar surface area (TPSA) is 55.9 Å². The molecule has 0 unspecified atom stereocenters. The SMILES string of the molecule is Cc1cc(-c2ccccc2)[n+]2nc(N)c3ccccc3c2n1. The van der Waals surface area contributed by atoms with Gasteiger partial charge in [0.05, 0.1) is 5.39 Å². The first kappa shape index (κ1) is 12.7. The Morgan fingerprint density at radius 2 is 1.59 bits per heavy atom. The molecule has 2 heterocycles. The Labute approximate surface area is 127 Å². The van der Waals surface area contributed by atoms with E-state index in [0.29, 0.717) is 5.82 Å². The van der Waals surface area contributed by atoms with E-state index in [1.807, 2.05) is 60.0 Å². The fraction of sp³-hybridized carbons (Fsp3) is 0.0556. The molecule has 0 radical (unpaired) electrons. The summed E-state index contributed by atoms with van der Waals surface area (Å²) >= 11 is 0. The van der Waals surface area contributed by atoms with E-state index in [1.54, 1.807) is 0 Å². The number of rotatable bonds is 1. The van der Waals surface area contributed by atoms with Crippen molar-refractivity contribution in [1.82, 2.24) is 10.1 Å². The summed E-state index contributed by atoms with van der Waals surface area (Å²) in [7, 11) is 0. The van der Waals surface area contributed by atoms with Gasteiger partial charge in [-0.25, -0.2) is 0 Å². The fourth-order valence-corrected chi connectivity index (χ4v) is 2.77. The second-order valence-corrected chi connectivity index (χ2v) is 5.32. The fourth-order valence-electron chi connectivity index (χ4n) is 2.77. The van der Waals surface area contributed by atoms with Crippen molar-refractivity contribution in [3.8, 4) is 11.3 Å². The van der Waals surface area contributed by atoms with Crippen LogP contribution in [0.2, 0.25) is 0 Å². The first-order chi connectivity index (χ1) is 10.7. The minimum absolute atomic E-state index is 0.510. The van der Waals surface area contributed by atoms with Gasteiger partial charge in [-0.2, -0.15) is 0 Å². The Kier molecular flexibility index (Phi) is 2.76. The van der Waals surface area contributed by atoms with Gasteiger partial charge in [-0.3, -0.25) is 0 Å². The number of nitrogens with two attached hydrogens (primary N) is 1. The third-order valence-electron chi connectivity index (χ3n) is 3.78. The molecule has 0 fully saturated rings. The zero-order valence-corrected chi connectivity index (χ0v) is 12.2. The zero-order valence-electron chi connectivity index (χ0n) is 12.2. The van der Waals surface area contributed by atoms with Gasteiger partial charge >= 0.3 is 5.65 Å². The lowest BCUT2D eigenvalue weighted by molar-refractivity contribution is -0.569. The van der Waals surface area contributed by atoms with E-state index < -0.39 is 0 Å². The van der Waals surface area contributed by atoms with Crippen LogP contribution in [0.1, 0.15) is 5.69 Å². The Morgan fingerprint density at radius 1 is 0.909 bits per heavy atom. The van der Waals surface area contributed by atoms with Crippen LogP contribution in [0.15, 0.2) is 60.7 Å². The number of nitrogens with zero attached hydrogens (tertiary/aromatic N) is 3. The monoisotopic (exact) mass is 287 g/mol. The van der Waals surface area contributed by atoms with Gasteiger partial charge in [-0.1, -0.05) is 58.1 Å². The summed E-state index contributed by atoms with van der Waals surface area (Å²) in [6.45, 7) is 2.00. The van der Waals surface area contributed by atoms with Crippen LogP contribution in [-0.2, 0) is 0 Å². The molecule has 0 saturated carbocycles. The van der Waals surface area contributed by atoms with Crippen molar-refractivity contribution in [2.24, 2.45) is 0 Å². The highest BCUT2D eigenvalue weighted by molar-refractivity contribution is 5.97. The smallest absolute Gasteiger partial charge is 0.357 e.